The van der Waals surface area contributed by atoms with E-state index in [1.165, 1.54) is 7.11 Å². The molecule has 0 aliphatic rings. The van der Waals surface area contributed by atoms with E-state index in [4.69, 9.17) is 9.47 Å². The summed E-state index contributed by atoms with van der Waals surface area (Å²) < 4.78 is 9.90. The van der Waals surface area contributed by atoms with Crippen molar-refractivity contribution in [1.82, 2.24) is 5.32 Å². The second kappa shape index (κ2) is 7.84. The van der Waals surface area contributed by atoms with Gasteiger partial charge in [-0.15, -0.1) is 0 Å². The zero-order valence-electron chi connectivity index (χ0n) is 11.2. The summed E-state index contributed by atoms with van der Waals surface area (Å²) in [5.41, 5.74) is 0.960. The smallest absolute Gasteiger partial charge is 0.314 e. The SMILES string of the molecule is COCC(C)NCC(C(=O)OC)c1ccccc1. The molecule has 2 atom stereocenters. The first kappa shape index (κ1) is 14.7. The molecule has 0 aliphatic carbocycles. The van der Waals surface area contributed by atoms with E-state index in [1.54, 1.807) is 7.11 Å². The molecule has 1 N–H and O–H groups in total. The Labute approximate surface area is 108 Å². The summed E-state index contributed by atoms with van der Waals surface area (Å²) in [6, 6.07) is 9.84. The number of methoxy groups -OCH3 is 2. The van der Waals surface area contributed by atoms with Crippen LogP contribution in [0.1, 0.15) is 18.4 Å². The maximum absolute atomic E-state index is 11.8. The summed E-state index contributed by atoms with van der Waals surface area (Å²) in [4.78, 5) is 11.8. The Bertz CT molecular complexity index is 353. The van der Waals surface area contributed by atoms with E-state index in [9.17, 15) is 4.79 Å². The molecule has 2 unspecified atom stereocenters. The van der Waals surface area contributed by atoms with Gasteiger partial charge in [0, 0.05) is 19.7 Å². The zero-order chi connectivity index (χ0) is 13.4. The molecular weight excluding hydrogens is 230 g/mol. The van der Waals surface area contributed by atoms with Crippen LogP contribution in [0.5, 0.6) is 0 Å². The van der Waals surface area contributed by atoms with Crippen molar-refractivity contribution in [3.8, 4) is 0 Å². The van der Waals surface area contributed by atoms with Gasteiger partial charge in [0.15, 0.2) is 0 Å². The predicted molar refractivity (Wildman–Crippen MR) is 70.5 cm³/mol. The van der Waals surface area contributed by atoms with Gasteiger partial charge in [-0.2, -0.15) is 0 Å². The predicted octanol–water partition coefficient (Wildman–Crippen LogP) is 1.57. The molecule has 1 aromatic rings. The molecule has 100 valence electrons. The van der Waals surface area contributed by atoms with E-state index in [1.807, 2.05) is 37.3 Å². The number of hydrogen-bond donors (Lipinski definition) is 1. The highest BCUT2D eigenvalue weighted by molar-refractivity contribution is 5.78. The lowest BCUT2D eigenvalue weighted by Crippen LogP contribution is -2.36. The molecule has 0 heterocycles. The molecule has 4 heteroatoms. The van der Waals surface area contributed by atoms with Crippen LogP contribution >= 0.6 is 0 Å². The number of nitrogens with one attached hydrogen (secondary N) is 1. The minimum Gasteiger partial charge on any atom is -0.469 e. The molecule has 0 bridgehead atoms. The maximum Gasteiger partial charge on any atom is 0.314 e. The average Bonchev–Trinajstić information content (AvgIpc) is 2.40. The third kappa shape index (κ3) is 4.47. The number of carbonyl (C=O) groups excluding carboxylic acids is 1. The lowest BCUT2D eigenvalue weighted by molar-refractivity contribution is -0.142. The Kier molecular flexibility index (Phi) is 6.39. The number of benzene rings is 1. The van der Waals surface area contributed by atoms with Gasteiger partial charge in [-0.3, -0.25) is 4.79 Å². The fourth-order valence-electron chi connectivity index (χ4n) is 1.79. The summed E-state index contributed by atoms with van der Waals surface area (Å²) in [5, 5.41) is 3.27. The van der Waals surface area contributed by atoms with Gasteiger partial charge in [-0.1, -0.05) is 30.3 Å². The second-order valence-corrected chi connectivity index (χ2v) is 4.25. The summed E-state index contributed by atoms with van der Waals surface area (Å²) in [5.74, 6) is -0.506. The molecule has 0 amide bonds. The second-order valence-electron chi connectivity index (χ2n) is 4.25. The van der Waals surface area contributed by atoms with Crippen molar-refractivity contribution in [1.29, 1.82) is 0 Å². The van der Waals surface area contributed by atoms with Crippen molar-refractivity contribution in [2.24, 2.45) is 0 Å². The van der Waals surface area contributed by atoms with Crippen LogP contribution in [0.25, 0.3) is 0 Å². The van der Waals surface area contributed by atoms with Crippen molar-refractivity contribution in [2.75, 3.05) is 27.4 Å². The molecule has 1 aromatic carbocycles. The van der Waals surface area contributed by atoms with Crippen LogP contribution in [-0.2, 0) is 14.3 Å². The molecule has 0 aromatic heterocycles. The fraction of sp³-hybridized carbons (Fsp3) is 0.500. The van der Waals surface area contributed by atoms with Crippen LogP contribution < -0.4 is 5.32 Å². The standard InChI is InChI=1S/C14H21NO3/c1-11(10-17-2)15-9-13(14(16)18-3)12-7-5-4-6-8-12/h4-8,11,13,15H,9-10H2,1-3H3. The van der Waals surface area contributed by atoms with Gasteiger partial charge < -0.3 is 14.8 Å². The van der Waals surface area contributed by atoms with Gasteiger partial charge in [-0.05, 0) is 12.5 Å². The van der Waals surface area contributed by atoms with Crippen LogP contribution in [-0.4, -0.2) is 39.4 Å². The van der Waals surface area contributed by atoms with Crippen LogP contribution in [0.2, 0.25) is 0 Å². The first-order chi connectivity index (χ1) is 8.69. The van der Waals surface area contributed by atoms with Crippen molar-refractivity contribution >= 4 is 5.97 Å². The lowest BCUT2D eigenvalue weighted by atomic mass is 9.99. The Morgan fingerprint density at radius 2 is 1.94 bits per heavy atom. The van der Waals surface area contributed by atoms with Gasteiger partial charge in [0.05, 0.1) is 19.6 Å². The average molecular weight is 251 g/mol. The van der Waals surface area contributed by atoms with Crippen molar-refractivity contribution in [3.05, 3.63) is 35.9 Å². The van der Waals surface area contributed by atoms with E-state index >= 15 is 0 Å². The van der Waals surface area contributed by atoms with Gasteiger partial charge >= 0.3 is 5.97 Å². The number of esters is 1. The minimum atomic E-state index is -0.282. The molecule has 18 heavy (non-hydrogen) atoms. The normalized spacial score (nSPS) is 13.9. The molecule has 0 radical (unpaired) electrons. The summed E-state index contributed by atoms with van der Waals surface area (Å²) >= 11 is 0. The summed E-state index contributed by atoms with van der Waals surface area (Å²) in [6.07, 6.45) is 0. The topological polar surface area (TPSA) is 47.6 Å². The van der Waals surface area contributed by atoms with E-state index < -0.39 is 0 Å². The van der Waals surface area contributed by atoms with E-state index in [-0.39, 0.29) is 17.9 Å². The van der Waals surface area contributed by atoms with Crippen molar-refractivity contribution in [2.45, 2.75) is 18.9 Å². The Morgan fingerprint density at radius 3 is 2.50 bits per heavy atom. The number of carbonyl (C=O) groups is 1. The quantitative estimate of drug-likeness (QED) is 0.747. The summed E-state index contributed by atoms with van der Waals surface area (Å²) in [6.45, 7) is 3.17. The van der Waals surface area contributed by atoms with Crippen LogP contribution in [0.3, 0.4) is 0 Å². The highest BCUT2D eigenvalue weighted by atomic mass is 16.5. The monoisotopic (exact) mass is 251 g/mol. The molecule has 0 saturated carbocycles. The van der Waals surface area contributed by atoms with Crippen LogP contribution in [0.4, 0.5) is 0 Å². The molecule has 4 nitrogen and oxygen atoms in total. The molecule has 0 fully saturated rings. The maximum atomic E-state index is 11.8. The first-order valence-corrected chi connectivity index (χ1v) is 6.04. The van der Waals surface area contributed by atoms with Gasteiger partial charge in [0.25, 0.3) is 0 Å². The molecular formula is C14H21NO3. The Balaban J connectivity index is 2.66. The lowest BCUT2D eigenvalue weighted by Gasteiger charge is -2.19. The van der Waals surface area contributed by atoms with E-state index in [0.717, 1.165) is 5.56 Å². The van der Waals surface area contributed by atoms with Gasteiger partial charge in [-0.25, -0.2) is 0 Å². The minimum absolute atomic E-state index is 0.200. The van der Waals surface area contributed by atoms with E-state index in [0.29, 0.717) is 13.2 Å². The summed E-state index contributed by atoms with van der Waals surface area (Å²) in [7, 11) is 3.07. The van der Waals surface area contributed by atoms with Crippen LogP contribution in [0.15, 0.2) is 30.3 Å². The van der Waals surface area contributed by atoms with Crippen molar-refractivity contribution in [3.63, 3.8) is 0 Å². The first-order valence-electron chi connectivity index (χ1n) is 6.04. The number of rotatable bonds is 7. The highest BCUT2D eigenvalue weighted by Crippen LogP contribution is 2.16. The largest absolute Gasteiger partial charge is 0.469 e. The van der Waals surface area contributed by atoms with E-state index in [2.05, 4.69) is 5.32 Å². The highest BCUT2D eigenvalue weighted by Gasteiger charge is 2.21. The molecule has 0 spiro atoms. The third-order valence-electron chi connectivity index (χ3n) is 2.77. The Hall–Kier alpha value is -1.39. The van der Waals surface area contributed by atoms with Crippen molar-refractivity contribution < 1.29 is 14.3 Å². The van der Waals surface area contributed by atoms with Gasteiger partial charge in [0.2, 0.25) is 0 Å². The van der Waals surface area contributed by atoms with Crippen LogP contribution in [0, 0.1) is 0 Å². The Morgan fingerprint density at radius 1 is 1.28 bits per heavy atom. The number of ether oxygens (including phenoxy) is 2. The van der Waals surface area contributed by atoms with Gasteiger partial charge in [0.1, 0.15) is 0 Å². The fourth-order valence-corrected chi connectivity index (χ4v) is 1.79. The third-order valence-corrected chi connectivity index (χ3v) is 2.77. The number of hydrogen-bond acceptors (Lipinski definition) is 4. The molecule has 0 aliphatic heterocycles. The zero-order valence-corrected chi connectivity index (χ0v) is 11.2. The molecule has 0 saturated heterocycles. The molecule has 1 rings (SSSR count).